The average molecular weight is 333 g/mol. The topological polar surface area (TPSA) is 17.8 Å². The van der Waals surface area contributed by atoms with Crippen molar-refractivity contribution >= 4 is 9.52 Å². The molecule has 0 amide bonds. The smallest absolute Gasteiger partial charge is 0.0954 e. The van der Waals surface area contributed by atoms with Crippen LogP contribution in [0.15, 0.2) is 91.2 Å². The summed E-state index contributed by atoms with van der Waals surface area (Å²) in [5.41, 5.74) is 5.09. The summed E-state index contributed by atoms with van der Waals surface area (Å²) in [6, 6.07) is 21.6. The van der Waals surface area contributed by atoms with E-state index in [0.29, 0.717) is 5.92 Å². The summed E-state index contributed by atoms with van der Waals surface area (Å²) in [7, 11) is -0.647. The molecule has 3 aromatic rings. The number of rotatable bonds is 6. The van der Waals surface area contributed by atoms with E-state index in [1.165, 1.54) is 11.1 Å². The van der Waals surface area contributed by atoms with Gasteiger partial charge in [-0.05, 0) is 17.0 Å². The van der Waals surface area contributed by atoms with Gasteiger partial charge in [-0.1, -0.05) is 80.6 Å². The zero-order valence-corrected chi connectivity index (χ0v) is 15.8. The van der Waals surface area contributed by atoms with E-state index >= 15 is 0 Å². The Kier molecular flexibility index (Phi) is 5.11. The van der Waals surface area contributed by atoms with Crippen LogP contribution in [0.4, 0.5) is 0 Å². The molecule has 3 rings (SSSR count). The molecule has 0 N–H and O–H groups in total. The first-order valence-corrected chi connectivity index (χ1v) is 10.0. The second kappa shape index (κ2) is 7.45. The van der Waals surface area contributed by atoms with Crippen molar-refractivity contribution in [3.63, 3.8) is 0 Å². The molecule has 0 aliphatic carbocycles. The molecule has 3 heteroatoms. The standard InChI is InChI=1S/C21H24N2Si/c1-18(2)13-16-24-21(23-15-14-22-17-23,19-9-5-3-6-10-19)20-11-7-4-8-12-20/h3-18H,24H2,1-2H3. The first kappa shape index (κ1) is 16.5. The zero-order valence-electron chi connectivity index (χ0n) is 14.3. The molecule has 0 aliphatic rings. The summed E-state index contributed by atoms with van der Waals surface area (Å²) in [5.74, 6) is 0.574. The van der Waals surface area contributed by atoms with Gasteiger partial charge in [-0.2, -0.15) is 0 Å². The minimum absolute atomic E-state index is 0.148. The minimum atomic E-state index is -0.647. The van der Waals surface area contributed by atoms with Crippen LogP contribution in [0, 0.1) is 5.92 Å². The molecular weight excluding hydrogens is 308 g/mol. The van der Waals surface area contributed by atoms with Crippen LogP contribution in [-0.4, -0.2) is 19.1 Å². The number of imidazole rings is 1. The normalized spacial score (nSPS) is 12.6. The van der Waals surface area contributed by atoms with Gasteiger partial charge >= 0.3 is 0 Å². The van der Waals surface area contributed by atoms with E-state index in [4.69, 9.17) is 0 Å². The van der Waals surface area contributed by atoms with E-state index in [1.807, 2.05) is 12.5 Å². The fourth-order valence-corrected chi connectivity index (χ4v) is 5.59. The Labute approximate surface area is 146 Å². The van der Waals surface area contributed by atoms with Crippen LogP contribution in [0.5, 0.6) is 0 Å². The van der Waals surface area contributed by atoms with Crippen LogP contribution < -0.4 is 0 Å². The van der Waals surface area contributed by atoms with Crippen molar-refractivity contribution in [2.45, 2.75) is 19.0 Å². The molecule has 0 aliphatic heterocycles. The Bertz CT molecular complexity index is 723. The maximum absolute atomic E-state index is 4.34. The van der Waals surface area contributed by atoms with Crippen LogP contribution in [0.3, 0.4) is 0 Å². The van der Waals surface area contributed by atoms with E-state index < -0.39 is 9.52 Å². The SMILES string of the molecule is CC(C)C=C[SiH2]C(c1ccccc1)(c1ccccc1)n1ccnc1. The van der Waals surface area contributed by atoms with Crippen molar-refractivity contribution < 1.29 is 0 Å². The van der Waals surface area contributed by atoms with E-state index in [9.17, 15) is 0 Å². The van der Waals surface area contributed by atoms with Gasteiger partial charge in [-0.3, -0.25) is 0 Å². The molecule has 0 fully saturated rings. The highest BCUT2D eigenvalue weighted by Crippen LogP contribution is 2.33. The maximum atomic E-state index is 4.34. The average Bonchev–Trinajstić information content (AvgIpc) is 3.15. The maximum Gasteiger partial charge on any atom is 0.0954 e. The third-order valence-electron chi connectivity index (χ3n) is 4.38. The van der Waals surface area contributed by atoms with E-state index in [2.05, 4.69) is 102 Å². The van der Waals surface area contributed by atoms with Crippen LogP contribution in [-0.2, 0) is 5.16 Å². The zero-order chi connectivity index (χ0) is 16.8. The highest BCUT2D eigenvalue weighted by Gasteiger charge is 2.34. The second-order valence-electron chi connectivity index (χ2n) is 6.44. The molecule has 24 heavy (non-hydrogen) atoms. The van der Waals surface area contributed by atoms with Crippen molar-refractivity contribution in [3.05, 3.63) is 102 Å². The van der Waals surface area contributed by atoms with Gasteiger partial charge < -0.3 is 4.57 Å². The molecule has 122 valence electrons. The lowest BCUT2D eigenvalue weighted by Crippen LogP contribution is -2.41. The molecule has 0 bridgehead atoms. The second-order valence-corrected chi connectivity index (χ2v) is 8.34. The number of benzene rings is 2. The summed E-state index contributed by atoms with van der Waals surface area (Å²) >= 11 is 0. The summed E-state index contributed by atoms with van der Waals surface area (Å²) in [4.78, 5) is 4.34. The fraction of sp³-hybridized carbons (Fsp3) is 0.190. The lowest BCUT2D eigenvalue weighted by Gasteiger charge is -2.36. The summed E-state index contributed by atoms with van der Waals surface area (Å²) in [5, 5.41) is -0.148. The molecule has 0 radical (unpaired) electrons. The quantitative estimate of drug-likeness (QED) is 0.625. The van der Waals surface area contributed by atoms with Crippen LogP contribution in [0.1, 0.15) is 25.0 Å². The van der Waals surface area contributed by atoms with E-state index in [-0.39, 0.29) is 5.16 Å². The highest BCUT2D eigenvalue weighted by atomic mass is 28.2. The Balaban J connectivity index is 2.21. The monoisotopic (exact) mass is 332 g/mol. The van der Waals surface area contributed by atoms with Crippen molar-refractivity contribution in [1.29, 1.82) is 0 Å². The molecule has 2 nitrogen and oxygen atoms in total. The number of hydrogen-bond donors (Lipinski definition) is 0. The fourth-order valence-electron chi connectivity index (χ4n) is 3.23. The van der Waals surface area contributed by atoms with Gasteiger partial charge in [0.05, 0.1) is 21.0 Å². The minimum Gasteiger partial charge on any atom is -0.326 e. The van der Waals surface area contributed by atoms with Gasteiger partial charge in [0, 0.05) is 12.4 Å². The number of allylic oxidation sites excluding steroid dienone is 1. The molecule has 1 aromatic heterocycles. The lowest BCUT2D eigenvalue weighted by atomic mass is 9.97. The third-order valence-corrected chi connectivity index (χ3v) is 6.66. The lowest BCUT2D eigenvalue weighted by molar-refractivity contribution is 0.596. The van der Waals surface area contributed by atoms with Crippen molar-refractivity contribution in [3.8, 4) is 0 Å². The van der Waals surface area contributed by atoms with Crippen LogP contribution in [0.2, 0.25) is 0 Å². The summed E-state index contributed by atoms with van der Waals surface area (Å²) < 4.78 is 2.29. The Morgan fingerprint density at radius 3 is 2.00 bits per heavy atom. The summed E-state index contributed by atoms with van der Waals surface area (Å²) in [6.07, 6.45) is 8.26. The van der Waals surface area contributed by atoms with Crippen molar-refractivity contribution in [2.75, 3.05) is 0 Å². The molecular formula is C21H24N2Si. The number of nitrogens with zero attached hydrogens (tertiary/aromatic N) is 2. The Morgan fingerprint density at radius 1 is 0.958 bits per heavy atom. The highest BCUT2D eigenvalue weighted by molar-refractivity contribution is 6.47. The first-order chi connectivity index (χ1) is 11.7. The Morgan fingerprint density at radius 2 is 1.54 bits per heavy atom. The summed E-state index contributed by atoms with van der Waals surface area (Å²) in [6.45, 7) is 4.46. The van der Waals surface area contributed by atoms with E-state index in [0.717, 1.165) is 0 Å². The molecule has 0 atom stereocenters. The third kappa shape index (κ3) is 3.26. The van der Waals surface area contributed by atoms with Gasteiger partial charge in [-0.25, -0.2) is 4.98 Å². The van der Waals surface area contributed by atoms with Crippen molar-refractivity contribution in [1.82, 2.24) is 9.55 Å². The largest absolute Gasteiger partial charge is 0.326 e. The Hall–Kier alpha value is -2.39. The molecule has 2 aromatic carbocycles. The molecule has 0 saturated heterocycles. The first-order valence-electron chi connectivity index (χ1n) is 8.49. The van der Waals surface area contributed by atoms with Gasteiger partial charge in [0.25, 0.3) is 0 Å². The van der Waals surface area contributed by atoms with Crippen LogP contribution in [0.25, 0.3) is 0 Å². The molecule has 0 saturated carbocycles. The molecule has 0 spiro atoms. The number of hydrogen-bond acceptors (Lipinski definition) is 1. The molecule has 1 heterocycles. The predicted octanol–water partition coefficient (Wildman–Crippen LogP) is 3.97. The van der Waals surface area contributed by atoms with Gasteiger partial charge in [-0.15, -0.1) is 5.70 Å². The van der Waals surface area contributed by atoms with Crippen LogP contribution >= 0.6 is 0 Å². The molecule has 0 unspecified atom stereocenters. The predicted molar refractivity (Wildman–Crippen MR) is 104 cm³/mol. The van der Waals surface area contributed by atoms with Gasteiger partial charge in [0.15, 0.2) is 0 Å². The van der Waals surface area contributed by atoms with Crippen molar-refractivity contribution in [2.24, 2.45) is 5.92 Å². The van der Waals surface area contributed by atoms with Gasteiger partial charge in [0.1, 0.15) is 0 Å². The van der Waals surface area contributed by atoms with E-state index in [1.54, 1.807) is 0 Å². The number of aromatic nitrogens is 2. The van der Waals surface area contributed by atoms with Gasteiger partial charge in [0.2, 0.25) is 0 Å².